The molecule has 1 nitrogen and oxygen atoms in total. The van der Waals surface area contributed by atoms with Crippen LogP contribution in [-0.4, -0.2) is 19.3 Å². The highest BCUT2D eigenvalue weighted by Gasteiger charge is 2.19. The normalized spacial score (nSPS) is 34.0. The van der Waals surface area contributed by atoms with Gasteiger partial charge in [-0.1, -0.05) is 6.92 Å². The number of halogens is 2. The maximum atomic E-state index is 11.8. The standard InChI is InChI=1S/C6H12FN.ClH/c1-5-2-6(3-7)8-4-5;/h5-6,8H,2-4H2,1H3;1H/t5-,6-;/m0./s1. The highest BCUT2D eigenvalue weighted by Crippen LogP contribution is 2.12. The molecule has 0 aromatic rings. The molecule has 1 saturated heterocycles. The summed E-state index contributed by atoms with van der Waals surface area (Å²) in [6, 6.07) is 0.157. The van der Waals surface area contributed by atoms with Crippen LogP contribution in [0.25, 0.3) is 0 Å². The zero-order chi connectivity index (χ0) is 5.98. The van der Waals surface area contributed by atoms with E-state index < -0.39 is 0 Å². The van der Waals surface area contributed by atoms with Gasteiger partial charge >= 0.3 is 0 Å². The van der Waals surface area contributed by atoms with Gasteiger partial charge < -0.3 is 5.32 Å². The molecule has 0 aromatic carbocycles. The number of alkyl halides is 1. The maximum Gasteiger partial charge on any atom is 0.105 e. The van der Waals surface area contributed by atoms with Gasteiger partial charge in [0, 0.05) is 6.04 Å². The fourth-order valence-electron chi connectivity index (χ4n) is 1.14. The van der Waals surface area contributed by atoms with E-state index in [1.165, 1.54) is 0 Å². The topological polar surface area (TPSA) is 12.0 Å². The lowest BCUT2D eigenvalue weighted by atomic mass is 10.1. The van der Waals surface area contributed by atoms with Crippen molar-refractivity contribution in [2.45, 2.75) is 19.4 Å². The predicted octanol–water partition coefficient (Wildman–Crippen LogP) is 1.38. The highest BCUT2D eigenvalue weighted by molar-refractivity contribution is 5.85. The molecule has 1 fully saturated rings. The lowest BCUT2D eigenvalue weighted by molar-refractivity contribution is 0.401. The molecule has 0 aliphatic carbocycles. The van der Waals surface area contributed by atoms with Crippen LogP contribution in [0.3, 0.4) is 0 Å². The average Bonchev–Trinajstić information content (AvgIpc) is 2.14. The van der Waals surface area contributed by atoms with Crippen molar-refractivity contribution in [3.63, 3.8) is 0 Å². The molecule has 0 saturated carbocycles. The van der Waals surface area contributed by atoms with E-state index >= 15 is 0 Å². The maximum absolute atomic E-state index is 11.8. The van der Waals surface area contributed by atoms with Gasteiger partial charge in [0.15, 0.2) is 0 Å². The molecule has 0 radical (unpaired) electrons. The Morgan fingerprint density at radius 2 is 2.33 bits per heavy atom. The van der Waals surface area contributed by atoms with Crippen LogP contribution in [0.5, 0.6) is 0 Å². The SMILES string of the molecule is C[C@@H]1CN[C@H](CF)C1.Cl. The molecule has 1 rings (SSSR count). The van der Waals surface area contributed by atoms with Gasteiger partial charge in [0.1, 0.15) is 6.67 Å². The molecule has 1 aliphatic heterocycles. The van der Waals surface area contributed by atoms with Crippen molar-refractivity contribution in [2.24, 2.45) is 5.92 Å². The van der Waals surface area contributed by atoms with Gasteiger partial charge in [-0.25, -0.2) is 4.39 Å². The summed E-state index contributed by atoms with van der Waals surface area (Å²) in [5.41, 5.74) is 0. The fourth-order valence-corrected chi connectivity index (χ4v) is 1.14. The van der Waals surface area contributed by atoms with Crippen LogP contribution in [0.2, 0.25) is 0 Å². The van der Waals surface area contributed by atoms with E-state index in [9.17, 15) is 4.39 Å². The van der Waals surface area contributed by atoms with Gasteiger partial charge in [0.25, 0.3) is 0 Å². The van der Waals surface area contributed by atoms with Gasteiger partial charge in [0.05, 0.1) is 0 Å². The number of hydrogen-bond donors (Lipinski definition) is 1. The molecule has 0 bridgehead atoms. The Labute approximate surface area is 61.4 Å². The average molecular weight is 154 g/mol. The summed E-state index contributed by atoms with van der Waals surface area (Å²) in [6.07, 6.45) is 1.01. The minimum Gasteiger partial charge on any atom is -0.311 e. The monoisotopic (exact) mass is 153 g/mol. The smallest absolute Gasteiger partial charge is 0.105 e. The molecule has 0 aromatic heterocycles. The minimum atomic E-state index is -0.204. The van der Waals surface area contributed by atoms with Crippen molar-refractivity contribution >= 4 is 12.4 Å². The number of hydrogen-bond acceptors (Lipinski definition) is 1. The summed E-state index contributed by atoms with van der Waals surface area (Å²) >= 11 is 0. The van der Waals surface area contributed by atoms with E-state index in [1.54, 1.807) is 0 Å². The Morgan fingerprint density at radius 3 is 2.56 bits per heavy atom. The summed E-state index contributed by atoms with van der Waals surface area (Å²) < 4.78 is 11.8. The molecule has 2 atom stereocenters. The molecular weight excluding hydrogens is 141 g/mol. The zero-order valence-corrected chi connectivity index (χ0v) is 6.38. The van der Waals surface area contributed by atoms with Crippen LogP contribution in [0.15, 0.2) is 0 Å². The van der Waals surface area contributed by atoms with E-state index in [-0.39, 0.29) is 25.1 Å². The molecule has 1 heterocycles. The molecule has 0 unspecified atom stereocenters. The largest absolute Gasteiger partial charge is 0.311 e. The molecule has 9 heavy (non-hydrogen) atoms. The molecule has 56 valence electrons. The highest BCUT2D eigenvalue weighted by atomic mass is 35.5. The van der Waals surface area contributed by atoms with Crippen LogP contribution in [0.1, 0.15) is 13.3 Å². The molecule has 1 N–H and O–H groups in total. The minimum absolute atomic E-state index is 0. The first kappa shape index (κ1) is 9.18. The van der Waals surface area contributed by atoms with E-state index in [0.717, 1.165) is 13.0 Å². The van der Waals surface area contributed by atoms with Crippen LogP contribution in [0, 0.1) is 5.92 Å². The lowest BCUT2D eigenvalue weighted by Gasteiger charge is -2.00. The third-order valence-electron chi connectivity index (χ3n) is 1.63. The van der Waals surface area contributed by atoms with E-state index in [1.807, 2.05) is 0 Å². The fraction of sp³-hybridized carbons (Fsp3) is 1.00. The van der Waals surface area contributed by atoms with Gasteiger partial charge in [-0.15, -0.1) is 12.4 Å². The zero-order valence-electron chi connectivity index (χ0n) is 5.56. The van der Waals surface area contributed by atoms with Crippen LogP contribution >= 0.6 is 12.4 Å². The molecular formula is C6H13ClFN. The summed E-state index contributed by atoms with van der Waals surface area (Å²) in [7, 11) is 0. The second-order valence-electron chi connectivity index (χ2n) is 2.60. The molecule has 0 amide bonds. The Bertz CT molecular complexity index is 79.5. The van der Waals surface area contributed by atoms with Crippen LogP contribution in [0.4, 0.5) is 4.39 Å². The van der Waals surface area contributed by atoms with Crippen LogP contribution < -0.4 is 5.32 Å². The summed E-state index contributed by atoms with van der Waals surface area (Å²) in [6.45, 7) is 2.93. The first-order valence-corrected chi connectivity index (χ1v) is 3.12. The van der Waals surface area contributed by atoms with Crippen molar-refractivity contribution in [3.8, 4) is 0 Å². The summed E-state index contributed by atoms with van der Waals surface area (Å²) in [4.78, 5) is 0. The number of nitrogens with one attached hydrogen (secondary N) is 1. The first-order valence-electron chi connectivity index (χ1n) is 3.12. The second kappa shape index (κ2) is 4.07. The Hall–Kier alpha value is 0.180. The van der Waals surface area contributed by atoms with Crippen molar-refractivity contribution in [2.75, 3.05) is 13.2 Å². The first-order chi connectivity index (χ1) is 3.83. The van der Waals surface area contributed by atoms with Crippen molar-refractivity contribution in [1.82, 2.24) is 5.32 Å². The lowest BCUT2D eigenvalue weighted by Crippen LogP contribution is -2.22. The quantitative estimate of drug-likeness (QED) is 0.600. The summed E-state index contributed by atoms with van der Waals surface area (Å²) in [5, 5.41) is 3.08. The molecule has 1 aliphatic rings. The van der Waals surface area contributed by atoms with Gasteiger partial charge in [-0.2, -0.15) is 0 Å². The molecule has 0 spiro atoms. The third-order valence-corrected chi connectivity index (χ3v) is 1.63. The van der Waals surface area contributed by atoms with Gasteiger partial charge in [-0.05, 0) is 18.9 Å². The van der Waals surface area contributed by atoms with Crippen molar-refractivity contribution in [3.05, 3.63) is 0 Å². The third kappa shape index (κ3) is 2.50. The van der Waals surface area contributed by atoms with Crippen molar-refractivity contribution in [1.29, 1.82) is 0 Å². The van der Waals surface area contributed by atoms with E-state index in [0.29, 0.717) is 5.92 Å². The van der Waals surface area contributed by atoms with Gasteiger partial charge in [-0.3, -0.25) is 0 Å². The van der Waals surface area contributed by atoms with Crippen LogP contribution in [-0.2, 0) is 0 Å². The van der Waals surface area contributed by atoms with E-state index in [2.05, 4.69) is 12.2 Å². The predicted molar refractivity (Wildman–Crippen MR) is 38.8 cm³/mol. The Balaban J connectivity index is 0.000000640. The number of rotatable bonds is 1. The summed E-state index contributed by atoms with van der Waals surface area (Å²) in [5.74, 6) is 0.677. The Kier molecular flexibility index (Phi) is 4.15. The Morgan fingerprint density at radius 1 is 1.67 bits per heavy atom. The molecule has 3 heteroatoms. The second-order valence-corrected chi connectivity index (χ2v) is 2.60. The van der Waals surface area contributed by atoms with Crippen molar-refractivity contribution < 1.29 is 4.39 Å². The van der Waals surface area contributed by atoms with Gasteiger partial charge in [0.2, 0.25) is 0 Å². The van der Waals surface area contributed by atoms with E-state index in [4.69, 9.17) is 0 Å².